The van der Waals surface area contributed by atoms with E-state index in [1.54, 1.807) is 6.92 Å². The number of nitrogens with two attached hydrogens (primary N) is 1. The van der Waals surface area contributed by atoms with Crippen LogP contribution in [-0.2, 0) is 9.47 Å². The SMILES string of the molecule is CC(CC(C)(N)C#N)OCC1CCCCO1. The van der Waals surface area contributed by atoms with Crippen LogP contribution in [0.25, 0.3) is 0 Å². The largest absolute Gasteiger partial charge is 0.376 e. The second-order valence-electron chi connectivity index (χ2n) is 4.87. The first-order valence-corrected chi connectivity index (χ1v) is 5.97. The zero-order valence-corrected chi connectivity index (χ0v) is 10.2. The van der Waals surface area contributed by atoms with Crippen molar-refractivity contribution in [3.63, 3.8) is 0 Å². The standard InChI is InChI=1S/C12H22N2O2/c1-10(7-12(2,14)9-13)16-8-11-5-3-4-6-15-11/h10-11H,3-8,14H2,1-2H3. The highest BCUT2D eigenvalue weighted by Crippen LogP contribution is 2.15. The second kappa shape index (κ2) is 6.19. The lowest BCUT2D eigenvalue weighted by molar-refractivity contribution is -0.0624. The minimum absolute atomic E-state index is 0.000163. The Labute approximate surface area is 97.7 Å². The third kappa shape index (κ3) is 4.93. The maximum atomic E-state index is 8.80. The van der Waals surface area contributed by atoms with E-state index in [0.717, 1.165) is 19.4 Å². The van der Waals surface area contributed by atoms with Crippen LogP contribution in [0.1, 0.15) is 39.5 Å². The van der Waals surface area contributed by atoms with E-state index in [0.29, 0.717) is 13.0 Å². The molecule has 1 aliphatic heterocycles. The molecule has 2 N–H and O–H groups in total. The Morgan fingerprint density at radius 2 is 2.38 bits per heavy atom. The average Bonchev–Trinajstić information content (AvgIpc) is 2.27. The number of rotatable bonds is 5. The van der Waals surface area contributed by atoms with E-state index >= 15 is 0 Å². The minimum Gasteiger partial charge on any atom is -0.376 e. The van der Waals surface area contributed by atoms with Gasteiger partial charge >= 0.3 is 0 Å². The Morgan fingerprint density at radius 3 is 2.94 bits per heavy atom. The van der Waals surface area contributed by atoms with Crippen LogP contribution in [0.4, 0.5) is 0 Å². The highest BCUT2D eigenvalue weighted by molar-refractivity contribution is 5.01. The predicted octanol–water partition coefficient (Wildman–Crippen LogP) is 1.59. The van der Waals surface area contributed by atoms with Crippen LogP contribution in [0.3, 0.4) is 0 Å². The van der Waals surface area contributed by atoms with Gasteiger partial charge in [0.1, 0.15) is 5.54 Å². The molecule has 1 fully saturated rings. The van der Waals surface area contributed by atoms with Crippen LogP contribution >= 0.6 is 0 Å². The zero-order chi connectivity index (χ0) is 12.0. The van der Waals surface area contributed by atoms with Crippen LogP contribution in [0.15, 0.2) is 0 Å². The molecule has 0 radical (unpaired) electrons. The monoisotopic (exact) mass is 226 g/mol. The Balaban J connectivity index is 2.19. The van der Waals surface area contributed by atoms with Gasteiger partial charge in [0.15, 0.2) is 0 Å². The molecule has 0 saturated carbocycles. The van der Waals surface area contributed by atoms with E-state index in [2.05, 4.69) is 6.07 Å². The summed E-state index contributed by atoms with van der Waals surface area (Å²) in [5, 5.41) is 8.80. The van der Waals surface area contributed by atoms with Crippen LogP contribution < -0.4 is 5.73 Å². The third-order valence-electron chi connectivity index (χ3n) is 2.81. The summed E-state index contributed by atoms with van der Waals surface area (Å²) < 4.78 is 11.2. The molecule has 1 heterocycles. The van der Waals surface area contributed by atoms with Gasteiger partial charge in [0.25, 0.3) is 0 Å². The molecule has 1 rings (SSSR count). The number of hydrogen-bond donors (Lipinski definition) is 1. The fraction of sp³-hybridized carbons (Fsp3) is 0.917. The van der Waals surface area contributed by atoms with Crippen LogP contribution in [0, 0.1) is 11.3 Å². The van der Waals surface area contributed by atoms with E-state index in [-0.39, 0.29) is 12.2 Å². The fourth-order valence-corrected chi connectivity index (χ4v) is 1.91. The van der Waals surface area contributed by atoms with Gasteiger partial charge in [-0.3, -0.25) is 0 Å². The van der Waals surface area contributed by atoms with Gasteiger partial charge < -0.3 is 15.2 Å². The lowest BCUT2D eigenvalue weighted by Crippen LogP contribution is -2.38. The summed E-state index contributed by atoms with van der Waals surface area (Å²) in [4.78, 5) is 0. The van der Waals surface area contributed by atoms with Crippen LogP contribution in [-0.4, -0.2) is 31.0 Å². The van der Waals surface area contributed by atoms with Gasteiger partial charge in [0.05, 0.1) is 24.9 Å². The van der Waals surface area contributed by atoms with Crippen molar-refractivity contribution >= 4 is 0 Å². The van der Waals surface area contributed by atoms with Crippen molar-refractivity contribution in [1.82, 2.24) is 0 Å². The molecule has 0 aromatic heterocycles. The quantitative estimate of drug-likeness (QED) is 0.773. The first-order chi connectivity index (χ1) is 7.53. The number of nitriles is 1. The third-order valence-corrected chi connectivity index (χ3v) is 2.81. The van der Waals surface area contributed by atoms with Crippen molar-refractivity contribution in [1.29, 1.82) is 5.26 Å². The van der Waals surface area contributed by atoms with Gasteiger partial charge in [0, 0.05) is 13.0 Å². The smallest absolute Gasteiger partial charge is 0.103 e. The lowest BCUT2D eigenvalue weighted by Gasteiger charge is -2.26. The number of hydrogen-bond acceptors (Lipinski definition) is 4. The highest BCUT2D eigenvalue weighted by atomic mass is 16.5. The Hall–Kier alpha value is -0.630. The summed E-state index contributed by atoms with van der Waals surface area (Å²) in [5.74, 6) is 0. The van der Waals surface area contributed by atoms with Crippen molar-refractivity contribution in [2.75, 3.05) is 13.2 Å². The topological polar surface area (TPSA) is 68.3 Å². The van der Waals surface area contributed by atoms with Crippen molar-refractivity contribution in [3.8, 4) is 6.07 Å². The average molecular weight is 226 g/mol. The van der Waals surface area contributed by atoms with Gasteiger partial charge in [-0.1, -0.05) is 0 Å². The van der Waals surface area contributed by atoms with Gasteiger partial charge in [-0.2, -0.15) is 5.26 Å². The fourth-order valence-electron chi connectivity index (χ4n) is 1.91. The summed E-state index contributed by atoms with van der Waals surface area (Å²) in [7, 11) is 0. The summed E-state index contributed by atoms with van der Waals surface area (Å²) >= 11 is 0. The second-order valence-corrected chi connectivity index (χ2v) is 4.87. The van der Waals surface area contributed by atoms with E-state index in [9.17, 15) is 0 Å². The van der Waals surface area contributed by atoms with Gasteiger partial charge in [0.2, 0.25) is 0 Å². The molecular formula is C12H22N2O2. The zero-order valence-electron chi connectivity index (χ0n) is 10.2. The molecule has 0 aromatic carbocycles. The molecule has 0 bridgehead atoms. The molecule has 0 amide bonds. The lowest BCUT2D eigenvalue weighted by atomic mass is 9.98. The van der Waals surface area contributed by atoms with E-state index < -0.39 is 5.54 Å². The normalized spacial score (nSPS) is 26.8. The molecule has 1 aliphatic rings. The van der Waals surface area contributed by atoms with E-state index in [1.807, 2.05) is 6.92 Å². The molecule has 16 heavy (non-hydrogen) atoms. The first-order valence-electron chi connectivity index (χ1n) is 5.97. The van der Waals surface area contributed by atoms with E-state index in [4.69, 9.17) is 20.5 Å². The summed E-state index contributed by atoms with van der Waals surface area (Å²) in [6, 6.07) is 2.08. The number of ether oxygens (including phenoxy) is 2. The molecule has 3 atom stereocenters. The van der Waals surface area contributed by atoms with Crippen molar-refractivity contribution in [2.24, 2.45) is 5.73 Å². The van der Waals surface area contributed by atoms with Gasteiger partial charge in [-0.25, -0.2) is 0 Å². The highest BCUT2D eigenvalue weighted by Gasteiger charge is 2.22. The molecule has 0 aliphatic carbocycles. The van der Waals surface area contributed by atoms with Crippen molar-refractivity contribution < 1.29 is 9.47 Å². The molecule has 0 spiro atoms. The molecular weight excluding hydrogens is 204 g/mol. The Bertz CT molecular complexity index is 242. The predicted molar refractivity (Wildman–Crippen MR) is 61.8 cm³/mol. The van der Waals surface area contributed by atoms with Crippen molar-refractivity contribution in [2.45, 2.75) is 57.3 Å². The summed E-state index contributed by atoms with van der Waals surface area (Å²) in [6.07, 6.45) is 4.22. The number of nitrogens with zero attached hydrogens (tertiary/aromatic N) is 1. The molecule has 92 valence electrons. The van der Waals surface area contributed by atoms with Gasteiger partial charge in [-0.05, 0) is 33.1 Å². The summed E-state index contributed by atoms with van der Waals surface area (Å²) in [6.45, 7) is 5.13. The van der Waals surface area contributed by atoms with Crippen molar-refractivity contribution in [3.05, 3.63) is 0 Å². The van der Waals surface area contributed by atoms with E-state index in [1.165, 1.54) is 6.42 Å². The summed E-state index contributed by atoms with van der Waals surface area (Å²) in [5.41, 5.74) is 4.95. The first kappa shape index (κ1) is 13.4. The maximum absolute atomic E-state index is 8.80. The van der Waals surface area contributed by atoms with Crippen LogP contribution in [0.5, 0.6) is 0 Å². The van der Waals surface area contributed by atoms with Gasteiger partial charge in [-0.15, -0.1) is 0 Å². The molecule has 4 heteroatoms. The molecule has 3 unspecified atom stereocenters. The van der Waals surface area contributed by atoms with Crippen LogP contribution in [0.2, 0.25) is 0 Å². The maximum Gasteiger partial charge on any atom is 0.103 e. The molecule has 1 saturated heterocycles. The Morgan fingerprint density at radius 1 is 1.62 bits per heavy atom. The Kier molecular flexibility index (Phi) is 5.20. The molecule has 0 aromatic rings. The molecule has 4 nitrogen and oxygen atoms in total. The minimum atomic E-state index is -0.799.